The van der Waals surface area contributed by atoms with Gasteiger partial charge in [-0.05, 0) is 39.0 Å². The van der Waals surface area contributed by atoms with Crippen LogP contribution >= 0.6 is 0 Å². The number of aliphatic hydroxyl groups is 1. The zero-order valence-electron chi connectivity index (χ0n) is 15.2. The number of hydrogen-bond donors (Lipinski definition) is 2. The Labute approximate surface area is 167 Å². The Hall–Kier alpha value is -0.400. The molecule has 7 heteroatoms. The van der Waals surface area contributed by atoms with E-state index in [9.17, 15) is 19.8 Å². The molecule has 0 rings (SSSR count). The number of quaternary nitrogens is 1. The molecule has 0 radical (unpaired) electrons. The van der Waals surface area contributed by atoms with E-state index in [0.29, 0.717) is 30.4 Å². The minimum atomic E-state index is -1.09. The molecule has 0 aromatic rings. The van der Waals surface area contributed by atoms with Crippen molar-refractivity contribution in [2.75, 3.05) is 26.4 Å². The number of rotatable bonds is 15. The monoisotopic (exact) mass is 352 g/mol. The summed E-state index contributed by atoms with van der Waals surface area (Å²) in [5.41, 5.74) is 0. The molecule has 0 aromatic heterocycles. The number of aliphatic hydroxyl groups excluding tert-OH is 1. The van der Waals surface area contributed by atoms with Crippen molar-refractivity contribution in [2.24, 2.45) is 0 Å². The summed E-state index contributed by atoms with van der Waals surface area (Å²) in [4.78, 5) is 21.2. The molecular weight excluding hydrogens is 321 g/mol. The van der Waals surface area contributed by atoms with Crippen molar-refractivity contribution < 1.29 is 58.9 Å². The smallest absolute Gasteiger partial charge is 0.550 e. The van der Waals surface area contributed by atoms with E-state index in [4.69, 9.17) is 5.11 Å². The maximum Gasteiger partial charge on any atom is 1.00 e. The van der Waals surface area contributed by atoms with E-state index in [-0.39, 0.29) is 49.1 Å². The standard InChI is InChI=1S/C17H31NO5.Na/c1-2-3-4-5-6-7-12-18(15-19,13-8-10-16(20)21)14-9-11-17(22)23;/h2-3,19H,4-15H2,1H3,(H-,20,21,22,23);/q;+1/b3-2+;. The molecule has 0 fully saturated rings. The van der Waals surface area contributed by atoms with E-state index in [1.165, 1.54) is 0 Å². The number of carboxylic acid groups (broad SMARTS) is 2. The van der Waals surface area contributed by atoms with Gasteiger partial charge in [-0.1, -0.05) is 12.2 Å². The Morgan fingerprint density at radius 3 is 2.08 bits per heavy atom. The van der Waals surface area contributed by atoms with Crippen LogP contribution < -0.4 is 34.7 Å². The van der Waals surface area contributed by atoms with Crippen LogP contribution in [0.3, 0.4) is 0 Å². The van der Waals surface area contributed by atoms with Gasteiger partial charge in [0, 0.05) is 18.8 Å². The summed E-state index contributed by atoms with van der Waals surface area (Å²) in [7, 11) is 0. The van der Waals surface area contributed by atoms with E-state index in [2.05, 4.69) is 6.08 Å². The Morgan fingerprint density at radius 1 is 1.00 bits per heavy atom. The Bertz CT molecular complexity index is 354. The number of unbranched alkanes of at least 4 members (excludes halogenated alkanes) is 3. The fourth-order valence-corrected chi connectivity index (χ4v) is 2.72. The number of carboxylic acids is 2. The van der Waals surface area contributed by atoms with Gasteiger partial charge < -0.3 is 24.6 Å². The molecule has 0 aromatic carbocycles. The summed E-state index contributed by atoms with van der Waals surface area (Å²) < 4.78 is 0.379. The van der Waals surface area contributed by atoms with E-state index in [0.717, 1.165) is 32.2 Å². The van der Waals surface area contributed by atoms with E-state index < -0.39 is 11.9 Å². The second kappa shape index (κ2) is 16.1. The minimum absolute atomic E-state index is 0. The van der Waals surface area contributed by atoms with E-state index >= 15 is 0 Å². The van der Waals surface area contributed by atoms with Gasteiger partial charge in [-0.3, -0.25) is 4.79 Å². The summed E-state index contributed by atoms with van der Waals surface area (Å²) in [6, 6.07) is 0. The largest absolute Gasteiger partial charge is 1.00 e. The van der Waals surface area contributed by atoms with Gasteiger partial charge in [0.1, 0.15) is 0 Å². The Morgan fingerprint density at radius 2 is 1.58 bits per heavy atom. The second-order valence-electron chi connectivity index (χ2n) is 6.05. The zero-order valence-corrected chi connectivity index (χ0v) is 17.2. The summed E-state index contributed by atoms with van der Waals surface area (Å²) >= 11 is 0. The number of carbonyl (C=O) groups is 2. The maximum absolute atomic E-state index is 10.7. The third-order valence-electron chi connectivity index (χ3n) is 4.08. The summed E-state index contributed by atoms with van der Waals surface area (Å²) in [6.45, 7) is 3.76. The summed E-state index contributed by atoms with van der Waals surface area (Å²) in [5, 5.41) is 29.1. The average Bonchev–Trinajstić information content (AvgIpc) is 2.49. The van der Waals surface area contributed by atoms with E-state index in [1.807, 2.05) is 13.0 Å². The normalized spacial score (nSPS) is 13.4. The van der Waals surface area contributed by atoms with Crippen LogP contribution in [0.15, 0.2) is 12.2 Å². The van der Waals surface area contributed by atoms with Crippen LogP contribution in [0.25, 0.3) is 0 Å². The van der Waals surface area contributed by atoms with Gasteiger partial charge >= 0.3 is 35.5 Å². The molecule has 2 N–H and O–H groups in total. The van der Waals surface area contributed by atoms with Gasteiger partial charge in [0.25, 0.3) is 0 Å². The second-order valence-corrected chi connectivity index (χ2v) is 6.05. The van der Waals surface area contributed by atoms with Gasteiger partial charge in [-0.25, -0.2) is 0 Å². The molecule has 134 valence electrons. The van der Waals surface area contributed by atoms with Crippen LogP contribution in [0.5, 0.6) is 0 Å². The van der Waals surface area contributed by atoms with Gasteiger partial charge in [-0.2, -0.15) is 0 Å². The quantitative estimate of drug-likeness (QED) is 0.120. The van der Waals surface area contributed by atoms with Gasteiger partial charge in [0.2, 0.25) is 0 Å². The van der Waals surface area contributed by atoms with Gasteiger partial charge in [-0.15, -0.1) is 0 Å². The van der Waals surface area contributed by atoms with Crippen LogP contribution in [-0.4, -0.2) is 53.0 Å². The molecule has 0 saturated heterocycles. The fraction of sp³-hybridized carbons (Fsp3) is 0.765. The Kier molecular flexibility index (Phi) is 17.3. The first-order valence-corrected chi connectivity index (χ1v) is 8.44. The van der Waals surface area contributed by atoms with Crippen molar-refractivity contribution >= 4 is 11.9 Å². The minimum Gasteiger partial charge on any atom is -0.550 e. The van der Waals surface area contributed by atoms with Crippen LogP contribution in [0.4, 0.5) is 0 Å². The van der Waals surface area contributed by atoms with Gasteiger partial charge in [0.15, 0.2) is 6.73 Å². The number of carbonyl (C=O) groups excluding carboxylic acids is 1. The number of allylic oxidation sites excluding steroid dienone is 2. The topological polar surface area (TPSA) is 97.7 Å². The number of nitrogens with zero attached hydrogens (tertiary/aromatic N) is 1. The van der Waals surface area contributed by atoms with Crippen LogP contribution in [0, 0.1) is 0 Å². The van der Waals surface area contributed by atoms with Crippen molar-refractivity contribution in [1.82, 2.24) is 0 Å². The summed E-state index contributed by atoms with van der Waals surface area (Å²) in [5.74, 6) is -1.93. The molecule has 0 amide bonds. The molecule has 1 unspecified atom stereocenters. The molecule has 6 nitrogen and oxygen atoms in total. The van der Waals surface area contributed by atoms with Crippen molar-refractivity contribution in [3.05, 3.63) is 12.2 Å². The Balaban J connectivity index is 0. The molecule has 0 aliphatic carbocycles. The molecule has 0 saturated carbocycles. The SMILES string of the molecule is C/C=C/CCCCC[N+](CO)(CCCC(=O)[O-])CCCC(=O)O.[Na+]. The van der Waals surface area contributed by atoms with Crippen LogP contribution in [-0.2, 0) is 9.59 Å². The first-order chi connectivity index (χ1) is 11.0. The molecule has 0 aliphatic rings. The van der Waals surface area contributed by atoms with Crippen molar-refractivity contribution in [1.29, 1.82) is 0 Å². The first-order valence-electron chi connectivity index (χ1n) is 8.44. The maximum atomic E-state index is 10.7. The molecule has 24 heavy (non-hydrogen) atoms. The van der Waals surface area contributed by atoms with Crippen LogP contribution in [0.2, 0.25) is 0 Å². The molecular formula is C17H31NNaO5+. The zero-order chi connectivity index (χ0) is 17.6. The molecule has 0 heterocycles. The predicted molar refractivity (Wildman–Crippen MR) is 86.3 cm³/mol. The number of hydrogen-bond acceptors (Lipinski definition) is 4. The molecule has 1 atom stereocenters. The van der Waals surface area contributed by atoms with Crippen molar-refractivity contribution in [3.63, 3.8) is 0 Å². The number of aliphatic carboxylic acids is 2. The van der Waals surface area contributed by atoms with Crippen molar-refractivity contribution in [3.8, 4) is 0 Å². The first kappa shape index (κ1) is 25.8. The predicted octanol–water partition coefficient (Wildman–Crippen LogP) is -1.71. The van der Waals surface area contributed by atoms with Crippen molar-refractivity contribution in [2.45, 2.75) is 58.3 Å². The molecule has 0 spiro atoms. The summed E-state index contributed by atoms with van der Waals surface area (Å²) in [6.07, 6.45) is 9.24. The van der Waals surface area contributed by atoms with Gasteiger partial charge in [0.05, 0.1) is 26.1 Å². The average molecular weight is 352 g/mol. The van der Waals surface area contributed by atoms with E-state index in [1.54, 1.807) is 0 Å². The molecule has 0 aliphatic heterocycles. The molecule has 0 bridgehead atoms. The fourth-order valence-electron chi connectivity index (χ4n) is 2.72. The third-order valence-corrected chi connectivity index (χ3v) is 4.08. The van der Waals surface area contributed by atoms with Crippen LogP contribution in [0.1, 0.15) is 58.3 Å². The third kappa shape index (κ3) is 14.0.